The molecule has 174 valence electrons. The van der Waals surface area contributed by atoms with Crippen molar-refractivity contribution in [2.45, 2.75) is 72.8 Å². The fourth-order valence-electron chi connectivity index (χ4n) is 4.26. The van der Waals surface area contributed by atoms with Crippen LogP contribution in [0, 0.1) is 29.1 Å². The second-order valence-electron chi connectivity index (χ2n) is 10.1. The van der Waals surface area contributed by atoms with Gasteiger partial charge >= 0.3 is 5.97 Å². The summed E-state index contributed by atoms with van der Waals surface area (Å²) in [5, 5.41) is 16.3. The van der Waals surface area contributed by atoms with E-state index in [9.17, 15) is 14.7 Å². The molecule has 2 heterocycles. The van der Waals surface area contributed by atoms with E-state index in [0.717, 1.165) is 50.0 Å². The van der Waals surface area contributed by atoms with Crippen molar-refractivity contribution in [1.82, 2.24) is 5.01 Å². The van der Waals surface area contributed by atoms with Gasteiger partial charge in [-0.05, 0) is 65.4 Å². The van der Waals surface area contributed by atoms with Crippen molar-refractivity contribution < 1.29 is 14.7 Å². The summed E-state index contributed by atoms with van der Waals surface area (Å²) in [5.74, 6) is 5.89. The van der Waals surface area contributed by atoms with Gasteiger partial charge in [0.25, 0.3) is 0 Å². The number of anilines is 1. The maximum atomic E-state index is 13.8. The molecule has 0 radical (unpaired) electrons. The van der Waals surface area contributed by atoms with Gasteiger partial charge in [-0.2, -0.15) is 5.10 Å². The van der Waals surface area contributed by atoms with Crippen LogP contribution in [0.5, 0.6) is 0 Å². The molecular weight excluding hydrogens is 422 g/mol. The van der Waals surface area contributed by atoms with Crippen LogP contribution in [0.25, 0.3) is 0 Å². The predicted octanol–water partition coefficient (Wildman–Crippen LogP) is 5.08. The zero-order chi connectivity index (χ0) is 23.5. The van der Waals surface area contributed by atoms with Gasteiger partial charge in [0.2, 0.25) is 5.91 Å². The summed E-state index contributed by atoms with van der Waals surface area (Å²) in [5.41, 5.74) is 0.281. The Balaban J connectivity index is 1.98. The maximum absolute atomic E-state index is 13.8. The van der Waals surface area contributed by atoms with Crippen LogP contribution in [-0.4, -0.2) is 47.3 Å². The van der Waals surface area contributed by atoms with E-state index in [4.69, 9.17) is 0 Å². The number of hydrogen-bond acceptors (Lipinski definition) is 5. The predicted molar refractivity (Wildman–Crippen MR) is 130 cm³/mol. The molecule has 32 heavy (non-hydrogen) atoms. The second kappa shape index (κ2) is 10.1. The van der Waals surface area contributed by atoms with E-state index in [1.165, 1.54) is 0 Å². The molecule has 0 aromatic carbocycles. The van der Waals surface area contributed by atoms with E-state index in [1.54, 1.807) is 11.0 Å². The third-order valence-electron chi connectivity index (χ3n) is 6.01. The van der Waals surface area contributed by atoms with Gasteiger partial charge in [-0.3, -0.25) is 9.80 Å². The molecule has 2 aliphatic rings. The largest absolute Gasteiger partial charge is 0.477 e. The summed E-state index contributed by atoms with van der Waals surface area (Å²) in [6.07, 6.45) is 6.56. The number of nitrogens with zero attached hydrogens (tertiary/aromatic N) is 3. The molecule has 1 atom stereocenters. The summed E-state index contributed by atoms with van der Waals surface area (Å²) in [6.45, 7) is 11.7. The minimum absolute atomic E-state index is 0.0307. The number of carbonyl (C=O) groups excluding carboxylic acids is 1. The molecule has 1 aromatic rings. The van der Waals surface area contributed by atoms with Crippen molar-refractivity contribution in [3.05, 3.63) is 15.8 Å². The molecule has 1 aliphatic heterocycles. The number of hydrazone groups is 1. The number of aromatic carboxylic acids is 1. The molecule has 6 nitrogen and oxygen atoms in total. The van der Waals surface area contributed by atoms with Gasteiger partial charge in [0.1, 0.15) is 4.88 Å². The van der Waals surface area contributed by atoms with Crippen LogP contribution < -0.4 is 4.90 Å². The van der Waals surface area contributed by atoms with Gasteiger partial charge in [-0.15, -0.1) is 11.3 Å². The topological polar surface area (TPSA) is 73.2 Å². The SMILES string of the molecule is CC1CCC(C(=O)N(c2cc(C#CC(C)(C)C)sc2C(=O)O)C(C)CN2CCC=N2)CC1. The van der Waals surface area contributed by atoms with Gasteiger partial charge in [0.05, 0.1) is 23.2 Å². The van der Waals surface area contributed by atoms with E-state index in [0.29, 0.717) is 23.0 Å². The first kappa shape index (κ1) is 24.3. The van der Waals surface area contributed by atoms with Crippen molar-refractivity contribution in [1.29, 1.82) is 0 Å². The Labute approximate surface area is 195 Å². The lowest BCUT2D eigenvalue weighted by Gasteiger charge is -2.36. The highest BCUT2D eigenvalue weighted by atomic mass is 32.1. The van der Waals surface area contributed by atoms with Crippen molar-refractivity contribution in [2.24, 2.45) is 22.4 Å². The van der Waals surface area contributed by atoms with Gasteiger partial charge in [0, 0.05) is 30.5 Å². The number of carboxylic acid groups (broad SMARTS) is 1. The lowest BCUT2D eigenvalue weighted by molar-refractivity contribution is -0.124. The summed E-state index contributed by atoms with van der Waals surface area (Å²) < 4.78 is 0. The molecule has 0 saturated heterocycles. The number of hydrogen-bond donors (Lipinski definition) is 1. The minimum atomic E-state index is -1.02. The van der Waals surface area contributed by atoms with Gasteiger partial charge < -0.3 is 10.0 Å². The first-order valence-electron chi connectivity index (χ1n) is 11.6. The highest BCUT2D eigenvalue weighted by molar-refractivity contribution is 7.15. The first-order valence-corrected chi connectivity index (χ1v) is 12.4. The number of carbonyl (C=O) groups is 2. The van der Waals surface area contributed by atoms with Crippen LogP contribution in [-0.2, 0) is 4.79 Å². The summed E-state index contributed by atoms with van der Waals surface area (Å²) >= 11 is 1.15. The smallest absolute Gasteiger partial charge is 0.348 e. The molecule has 1 unspecified atom stereocenters. The highest BCUT2D eigenvalue weighted by Gasteiger charge is 2.35. The number of amides is 1. The van der Waals surface area contributed by atoms with E-state index in [2.05, 4.69) is 23.9 Å². The zero-order valence-electron chi connectivity index (χ0n) is 19.9. The van der Waals surface area contributed by atoms with Crippen LogP contribution in [0.1, 0.15) is 81.3 Å². The molecule has 1 fully saturated rings. The Morgan fingerprint density at radius 3 is 2.56 bits per heavy atom. The lowest BCUT2D eigenvalue weighted by Crippen LogP contribution is -2.47. The molecule has 1 N–H and O–H groups in total. The standard InChI is InChI=1S/C25H35N3O3S/c1-17-7-9-19(10-8-17)23(29)28(18(2)16-27-14-6-13-26-27)21-15-20(11-12-25(3,4)5)32-22(21)24(30)31/h13,15,17-19H,6-10,14,16H2,1-5H3,(H,30,31). The Kier molecular flexibility index (Phi) is 7.66. The summed E-state index contributed by atoms with van der Waals surface area (Å²) in [6, 6.07) is 1.59. The van der Waals surface area contributed by atoms with Crippen LogP contribution in [0.4, 0.5) is 5.69 Å². The van der Waals surface area contributed by atoms with Crippen molar-refractivity contribution in [3.8, 4) is 11.8 Å². The Morgan fingerprint density at radius 2 is 2.00 bits per heavy atom. The van der Waals surface area contributed by atoms with E-state index in [1.807, 2.05) is 38.9 Å². The molecule has 1 saturated carbocycles. The molecule has 1 amide bonds. The maximum Gasteiger partial charge on any atom is 0.348 e. The van der Waals surface area contributed by atoms with Crippen LogP contribution in [0.15, 0.2) is 11.2 Å². The average molecular weight is 458 g/mol. The van der Waals surface area contributed by atoms with Crippen molar-refractivity contribution in [2.75, 3.05) is 18.0 Å². The van der Waals surface area contributed by atoms with Gasteiger partial charge in [-0.25, -0.2) is 4.79 Å². The summed E-state index contributed by atoms with van der Waals surface area (Å²) in [7, 11) is 0. The van der Waals surface area contributed by atoms with Crippen LogP contribution >= 0.6 is 11.3 Å². The Bertz CT molecular complexity index is 926. The minimum Gasteiger partial charge on any atom is -0.477 e. The van der Waals surface area contributed by atoms with E-state index >= 15 is 0 Å². The fraction of sp³-hybridized carbons (Fsp3) is 0.640. The second-order valence-corrected chi connectivity index (χ2v) is 11.2. The first-order chi connectivity index (χ1) is 15.0. The lowest BCUT2D eigenvalue weighted by atomic mass is 9.82. The van der Waals surface area contributed by atoms with Gasteiger partial charge in [0.15, 0.2) is 0 Å². The molecule has 0 bridgehead atoms. The zero-order valence-corrected chi connectivity index (χ0v) is 20.7. The number of rotatable bonds is 6. The monoisotopic (exact) mass is 457 g/mol. The molecule has 3 rings (SSSR count). The molecule has 7 heteroatoms. The van der Waals surface area contributed by atoms with Crippen LogP contribution in [0.2, 0.25) is 0 Å². The van der Waals surface area contributed by atoms with E-state index in [-0.39, 0.29) is 28.2 Å². The number of carboxylic acids is 1. The molecular formula is C25H35N3O3S. The normalized spacial score (nSPS) is 21.7. The van der Waals surface area contributed by atoms with Gasteiger partial charge in [-0.1, -0.05) is 18.8 Å². The quantitative estimate of drug-likeness (QED) is 0.605. The highest BCUT2D eigenvalue weighted by Crippen LogP contribution is 2.36. The number of thiophene rings is 1. The average Bonchev–Trinajstić information content (AvgIpc) is 3.36. The molecule has 1 aliphatic carbocycles. The van der Waals surface area contributed by atoms with Crippen molar-refractivity contribution in [3.63, 3.8) is 0 Å². The summed E-state index contributed by atoms with van der Waals surface area (Å²) in [4.78, 5) is 28.5. The Hall–Kier alpha value is -2.33. The van der Waals surface area contributed by atoms with Crippen LogP contribution in [0.3, 0.4) is 0 Å². The third-order valence-corrected chi connectivity index (χ3v) is 7.03. The molecule has 0 spiro atoms. The van der Waals surface area contributed by atoms with Crippen molar-refractivity contribution >= 4 is 35.1 Å². The third kappa shape index (κ3) is 6.13. The molecule has 1 aromatic heterocycles. The fourth-order valence-corrected chi connectivity index (χ4v) is 5.11. The Morgan fingerprint density at radius 1 is 1.31 bits per heavy atom. The van der Waals surface area contributed by atoms with E-state index < -0.39 is 5.97 Å².